The van der Waals surface area contributed by atoms with Gasteiger partial charge in [-0.2, -0.15) is 0 Å². The minimum Gasteiger partial charge on any atom is -0.394 e. The molecule has 1 rings (SSSR count). The van der Waals surface area contributed by atoms with Gasteiger partial charge in [-0.3, -0.25) is 4.79 Å². The van der Waals surface area contributed by atoms with E-state index in [1.165, 1.54) is 0 Å². The predicted molar refractivity (Wildman–Crippen MR) is 73.4 cm³/mol. The average Bonchev–Trinajstić information content (AvgIpc) is 2.43. The van der Waals surface area contributed by atoms with Crippen LogP contribution in [-0.4, -0.2) is 25.7 Å². The summed E-state index contributed by atoms with van der Waals surface area (Å²) in [5.41, 5.74) is 4.47. The van der Waals surface area contributed by atoms with Crippen molar-refractivity contribution in [2.45, 2.75) is 26.2 Å². The van der Waals surface area contributed by atoms with Crippen molar-refractivity contribution in [3.8, 4) is 0 Å². The Balaban J connectivity index is 2.33. The van der Waals surface area contributed by atoms with Gasteiger partial charge in [-0.25, -0.2) is 8.78 Å². The predicted octanol–water partition coefficient (Wildman–Crippen LogP) is 2.48. The number of rotatable bonds is 8. The van der Waals surface area contributed by atoms with Crippen LogP contribution in [0, 0.1) is 11.6 Å². The summed E-state index contributed by atoms with van der Waals surface area (Å²) in [6, 6.07) is 1.84. The van der Waals surface area contributed by atoms with E-state index in [1.54, 1.807) is 0 Å². The van der Waals surface area contributed by atoms with E-state index < -0.39 is 23.2 Å². The maximum Gasteiger partial charge on any atom is 0.251 e. The molecule has 0 saturated carbocycles. The van der Waals surface area contributed by atoms with Gasteiger partial charge in [0.05, 0.1) is 0 Å². The first-order valence-electron chi connectivity index (χ1n) is 6.66. The van der Waals surface area contributed by atoms with Crippen LogP contribution in [0.25, 0.3) is 0 Å². The topological polar surface area (TPSA) is 64.3 Å². The summed E-state index contributed by atoms with van der Waals surface area (Å²) >= 11 is 0. The third kappa shape index (κ3) is 5.13. The number of hydrogen-bond acceptors (Lipinski definition) is 3. The van der Waals surface area contributed by atoms with E-state index in [9.17, 15) is 13.6 Å². The Bertz CT molecular complexity index is 430. The van der Waals surface area contributed by atoms with Crippen molar-refractivity contribution in [3.63, 3.8) is 0 Å². The van der Waals surface area contributed by atoms with Gasteiger partial charge >= 0.3 is 0 Å². The Hall–Kier alpha value is -1.69. The van der Waals surface area contributed by atoms with Crippen LogP contribution in [0.5, 0.6) is 0 Å². The van der Waals surface area contributed by atoms with E-state index in [0.29, 0.717) is 26.2 Å². The molecule has 20 heavy (non-hydrogen) atoms. The molecule has 112 valence electrons. The van der Waals surface area contributed by atoms with E-state index in [0.717, 1.165) is 25.0 Å². The lowest BCUT2D eigenvalue weighted by Crippen LogP contribution is -2.25. The summed E-state index contributed by atoms with van der Waals surface area (Å²) in [5.74, 6) is -2.40. The monoisotopic (exact) mass is 286 g/mol. The van der Waals surface area contributed by atoms with Crippen LogP contribution in [0.3, 0.4) is 0 Å². The molecule has 6 heteroatoms. The number of nitrogens with one attached hydrogen (secondary N) is 1. The van der Waals surface area contributed by atoms with Gasteiger partial charge in [0.25, 0.3) is 5.91 Å². The molecule has 1 aromatic carbocycles. The molecule has 0 unspecified atom stereocenters. The highest BCUT2D eigenvalue weighted by molar-refractivity contribution is 5.94. The smallest absolute Gasteiger partial charge is 0.251 e. The number of nitrogens with two attached hydrogens (primary N) is 1. The van der Waals surface area contributed by atoms with Crippen LogP contribution in [0.4, 0.5) is 14.5 Å². The van der Waals surface area contributed by atoms with Crippen LogP contribution >= 0.6 is 0 Å². The third-order valence-electron chi connectivity index (χ3n) is 2.73. The Morgan fingerprint density at radius 2 is 1.85 bits per heavy atom. The third-order valence-corrected chi connectivity index (χ3v) is 2.73. The van der Waals surface area contributed by atoms with Crippen LogP contribution < -0.4 is 11.1 Å². The quantitative estimate of drug-likeness (QED) is 0.570. The highest BCUT2D eigenvalue weighted by atomic mass is 19.1. The summed E-state index contributed by atoms with van der Waals surface area (Å²) < 4.78 is 31.7. The summed E-state index contributed by atoms with van der Waals surface area (Å²) in [5, 5.41) is 2.57. The summed E-state index contributed by atoms with van der Waals surface area (Å²) in [6.45, 7) is 3.72. The maximum atomic E-state index is 13.2. The molecule has 3 N–H and O–H groups in total. The molecule has 1 amide bonds. The van der Waals surface area contributed by atoms with E-state index in [-0.39, 0.29) is 5.56 Å². The lowest BCUT2D eigenvalue weighted by Gasteiger charge is -2.07. The molecule has 0 radical (unpaired) electrons. The Labute approximate surface area is 117 Å². The molecule has 0 bridgehead atoms. The molecular formula is C14H20F2N2O2. The number of unbranched alkanes of at least 4 members (excludes halogenated alkanes) is 1. The number of carbonyl (C=O) groups excluding carboxylic acids is 1. The lowest BCUT2D eigenvalue weighted by molar-refractivity contribution is 0.0939. The second-order valence-corrected chi connectivity index (χ2v) is 4.43. The molecule has 4 nitrogen and oxygen atoms in total. The molecule has 0 fully saturated rings. The normalized spacial score (nSPS) is 10.6. The number of halogens is 2. The van der Waals surface area contributed by atoms with Crippen molar-refractivity contribution in [1.82, 2.24) is 5.32 Å². The minimum atomic E-state index is -0.932. The number of anilines is 1. The number of amides is 1. The van der Waals surface area contributed by atoms with E-state index in [2.05, 4.69) is 12.2 Å². The SMILES string of the molecule is CCCCOCCCNC(=O)c1cc(F)c(N)c(F)c1. The molecule has 1 aromatic rings. The fourth-order valence-electron chi connectivity index (χ4n) is 1.54. The molecule has 0 aliphatic heterocycles. The van der Waals surface area contributed by atoms with E-state index in [4.69, 9.17) is 10.5 Å². The first-order chi connectivity index (χ1) is 9.56. The second kappa shape index (κ2) is 8.47. The average molecular weight is 286 g/mol. The summed E-state index contributed by atoms with van der Waals surface area (Å²) in [7, 11) is 0. The lowest BCUT2D eigenvalue weighted by atomic mass is 10.1. The summed E-state index contributed by atoms with van der Waals surface area (Å²) in [6.07, 6.45) is 2.73. The molecule has 0 atom stereocenters. The van der Waals surface area contributed by atoms with Crippen molar-refractivity contribution in [2.24, 2.45) is 0 Å². The molecule has 0 saturated heterocycles. The van der Waals surface area contributed by atoms with Crippen LogP contribution in [0.1, 0.15) is 36.5 Å². The fourth-order valence-corrected chi connectivity index (χ4v) is 1.54. The summed E-state index contributed by atoms with van der Waals surface area (Å²) in [4.78, 5) is 11.7. The van der Waals surface area contributed by atoms with Crippen LogP contribution in [-0.2, 0) is 4.74 Å². The molecule has 0 aliphatic rings. The maximum absolute atomic E-state index is 13.2. The van der Waals surface area contributed by atoms with Gasteiger partial charge in [-0.1, -0.05) is 13.3 Å². The van der Waals surface area contributed by atoms with E-state index >= 15 is 0 Å². The van der Waals surface area contributed by atoms with Crippen molar-refractivity contribution in [3.05, 3.63) is 29.3 Å². The van der Waals surface area contributed by atoms with E-state index in [1.807, 2.05) is 0 Å². The van der Waals surface area contributed by atoms with Crippen LogP contribution in [0.15, 0.2) is 12.1 Å². The van der Waals surface area contributed by atoms with Gasteiger partial charge in [-0.15, -0.1) is 0 Å². The highest BCUT2D eigenvalue weighted by Crippen LogP contribution is 2.17. The zero-order valence-corrected chi connectivity index (χ0v) is 11.5. The number of benzene rings is 1. The van der Waals surface area contributed by atoms with Crippen molar-refractivity contribution in [2.75, 3.05) is 25.5 Å². The Morgan fingerprint density at radius 3 is 2.45 bits per heavy atom. The van der Waals surface area contributed by atoms with Crippen molar-refractivity contribution >= 4 is 11.6 Å². The van der Waals surface area contributed by atoms with Gasteiger partial charge in [0.1, 0.15) is 17.3 Å². The Morgan fingerprint density at radius 1 is 1.25 bits per heavy atom. The number of hydrogen-bond donors (Lipinski definition) is 2. The molecule has 0 spiro atoms. The standard InChI is InChI=1S/C14H20F2N2O2/c1-2-3-6-20-7-4-5-18-14(19)10-8-11(15)13(17)12(16)9-10/h8-9H,2-7,17H2,1H3,(H,18,19). The van der Waals surface area contributed by atoms with Gasteiger partial charge in [-0.05, 0) is 25.0 Å². The first-order valence-corrected chi connectivity index (χ1v) is 6.66. The largest absolute Gasteiger partial charge is 0.394 e. The highest BCUT2D eigenvalue weighted by Gasteiger charge is 2.12. The minimum absolute atomic E-state index is 0.0823. The van der Waals surface area contributed by atoms with Gasteiger partial charge in [0.15, 0.2) is 0 Å². The first kappa shape index (κ1) is 16.4. The zero-order chi connectivity index (χ0) is 15.0. The van der Waals surface area contributed by atoms with Crippen molar-refractivity contribution < 1.29 is 18.3 Å². The van der Waals surface area contributed by atoms with Gasteiger partial charge in [0, 0.05) is 25.3 Å². The number of nitrogen functional groups attached to an aromatic ring is 1. The zero-order valence-electron chi connectivity index (χ0n) is 11.5. The molecule has 0 heterocycles. The number of carbonyl (C=O) groups is 1. The molecule has 0 aliphatic carbocycles. The molecular weight excluding hydrogens is 266 g/mol. The fraction of sp³-hybridized carbons (Fsp3) is 0.500. The van der Waals surface area contributed by atoms with Gasteiger partial charge < -0.3 is 15.8 Å². The second-order valence-electron chi connectivity index (χ2n) is 4.43. The number of ether oxygens (including phenoxy) is 1. The van der Waals surface area contributed by atoms with Gasteiger partial charge in [0.2, 0.25) is 0 Å². The Kier molecular flexibility index (Phi) is 6.93. The van der Waals surface area contributed by atoms with Crippen molar-refractivity contribution in [1.29, 1.82) is 0 Å². The molecule has 0 aromatic heterocycles. The van der Waals surface area contributed by atoms with Crippen LogP contribution in [0.2, 0.25) is 0 Å².